The number of rotatable bonds is 6. The monoisotopic (exact) mass is 480 g/mol. The lowest BCUT2D eigenvalue weighted by molar-refractivity contribution is 0.0745. The van der Waals surface area contributed by atoms with Crippen LogP contribution in [0.4, 0.5) is 11.6 Å². The number of nitrogens with two attached hydrogens (primary N) is 1. The van der Waals surface area contributed by atoms with E-state index in [1.165, 1.54) is 12.4 Å². The SMILES string of the molecule is Nc1nccc(Oc2ccc(NC(O)c3c4n(n(-c5ccccc5)c3=O)CCOC4)nc2)c1Cl. The van der Waals surface area contributed by atoms with E-state index < -0.39 is 6.23 Å². The minimum atomic E-state index is -1.30. The van der Waals surface area contributed by atoms with E-state index in [1.807, 2.05) is 35.0 Å². The van der Waals surface area contributed by atoms with Gasteiger partial charge < -0.3 is 25.6 Å². The van der Waals surface area contributed by atoms with Crippen molar-refractivity contribution in [2.24, 2.45) is 0 Å². The van der Waals surface area contributed by atoms with Gasteiger partial charge in [-0.3, -0.25) is 9.48 Å². The predicted octanol–water partition coefficient (Wildman–Crippen LogP) is 3.09. The molecule has 34 heavy (non-hydrogen) atoms. The van der Waals surface area contributed by atoms with Gasteiger partial charge in [0.15, 0.2) is 12.0 Å². The maximum atomic E-state index is 13.3. The Balaban J connectivity index is 1.39. The Morgan fingerprint density at radius 1 is 1.18 bits per heavy atom. The first kappa shape index (κ1) is 22.0. The van der Waals surface area contributed by atoms with Gasteiger partial charge in [-0.05, 0) is 24.3 Å². The van der Waals surface area contributed by atoms with E-state index in [0.717, 1.165) is 0 Å². The normalized spacial score (nSPS) is 13.8. The maximum absolute atomic E-state index is 13.3. The van der Waals surface area contributed by atoms with Crippen molar-refractivity contribution in [3.8, 4) is 17.2 Å². The molecule has 4 heterocycles. The number of pyridine rings is 2. The molecule has 0 fully saturated rings. The molecule has 1 unspecified atom stereocenters. The summed E-state index contributed by atoms with van der Waals surface area (Å²) in [6, 6.07) is 14.1. The molecule has 5 rings (SSSR count). The number of aliphatic hydroxyl groups excluding tert-OH is 1. The second kappa shape index (κ2) is 9.18. The van der Waals surface area contributed by atoms with Crippen molar-refractivity contribution in [2.45, 2.75) is 19.4 Å². The van der Waals surface area contributed by atoms with Gasteiger partial charge in [-0.15, -0.1) is 0 Å². The molecule has 1 atom stereocenters. The van der Waals surface area contributed by atoms with Gasteiger partial charge in [-0.2, -0.15) is 0 Å². The third-order valence-electron chi connectivity index (χ3n) is 5.38. The van der Waals surface area contributed by atoms with Crippen molar-refractivity contribution in [3.63, 3.8) is 0 Å². The van der Waals surface area contributed by atoms with Crippen LogP contribution in [0.25, 0.3) is 5.69 Å². The molecule has 4 aromatic rings. The van der Waals surface area contributed by atoms with Gasteiger partial charge >= 0.3 is 0 Å². The Morgan fingerprint density at radius 2 is 2.00 bits per heavy atom. The lowest BCUT2D eigenvalue weighted by Gasteiger charge is -2.20. The number of nitrogens with one attached hydrogen (secondary N) is 1. The molecule has 0 spiro atoms. The van der Waals surface area contributed by atoms with Gasteiger partial charge in [0.25, 0.3) is 5.56 Å². The molecule has 3 aromatic heterocycles. The van der Waals surface area contributed by atoms with Crippen molar-refractivity contribution in [1.29, 1.82) is 0 Å². The van der Waals surface area contributed by atoms with E-state index >= 15 is 0 Å². The molecule has 0 saturated heterocycles. The van der Waals surface area contributed by atoms with E-state index in [2.05, 4.69) is 15.3 Å². The van der Waals surface area contributed by atoms with Crippen LogP contribution in [0, 0.1) is 0 Å². The summed E-state index contributed by atoms with van der Waals surface area (Å²) in [6.45, 7) is 1.20. The third-order valence-corrected chi connectivity index (χ3v) is 5.76. The first-order valence-electron chi connectivity index (χ1n) is 10.5. The number of halogens is 1. The molecule has 0 aliphatic carbocycles. The molecule has 174 valence electrons. The summed E-state index contributed by atoms with van der Waals surface area (Å²) < 4.78 is 14.7. The molecular formula is C23H21ClN6O4. The van der Waals surface area contributed by atoms with Crippen LogP contribution in [0.5, 0.6) is 11.5 Å². The molecule has 1 aromatic carbocycles. The van der Waals surface area contributed by atoms with Crippen molar-refractivity contribution in [2.75, 3.05) is 17.7 Å². The number of hydrogen-bond donors (Lipinski definition) is 3. The van der Waals surface area contributed by atoms with Gasteiger partial charge in [0.2, 0.25) is 0 Å². The Labute approximate surface area is 199 Å². The molecule has 1 aliphatic heterocycles. The lowest BCUT2D eigenvalue weighted by atomic mass is 10.2. The average molecular weight is 481 g/mol. The summed E-state index contributed by atoms with van der Waals surface area (Å²) in [5.41, 5.74) is 6.91. The largest absolute Gasteiger partial charge is 0.454 e. The van der Waals surface area contributed by atoms with Gasteiger partial charge in [-0.1, -0.05) is 29.8 Å². The molecule has 0 bridgehead atoms. The van der Waals surface area contributed by atoms with E-state index in [4.69, 9.17) is 26.8 Å². The third kappa shape index (κ3) is 4.10. The molecule has 4 N–H and O–H groups in total. The number of nitrogen functional groups attached to an aromatic ring is 1. The first-order valence-corrected chi connectivity index (χ1v) is 10.9. The summed E-state index contributed by atoms with van der Waals surface area (Å²) in [5.74, 6) is 1.27. The van der Waals surface area contributed by atoms with E-state index in [9.17, 15) is 9.90 Å². The van der Waals surface area contributed by atoms with Crippen LogP contribution < -0.4 is 21.3 Å². The van der Waals surface area contributed by atoms with Gasteiger partial charge in [-0.25, -0.2) is 14.6 Å². The number of ether oxygens (including phenoxy) is 2. The van der Waals surface area contributed by atoms with Crippen LogP contribution in [0.2, 0.25) is 5.02 Å². The minimum Gasteiger partial charge on any atom is -0.454 e. The first-order chi connectivity index (χ1) is 16.5. The number of benzene rings is 1. The highest BCUT2D eigenvalue weighted by Crippen LogP contribution is 2.32. The summed E-state index contributed by atoms with van der Waals surface area (Å²) >= 11 is 6.11. The van der Waals surface area contributed by atoms with Gasteiger partial charge in [0, 0.05) is 12.3 Å². The van der Waals surface area contributed by atoms with Gasteiger partial charge in [0.1, 0.15) is 22.4 Å². The smallest absolute Gasteiger partial charge is 0.279 e. The molecule has 0 radical (unpaired) electrons. The summed E-state index contributed by atoms with van der Waals surface area (Å²) in [5, 5.41) is 14.0. The van der Waals surface area contributed by atoms with E-state index in [1.54, 1.807) is 22.9 Å². The van der Waals surface area contributed by atoms with Crippen LogP contribution in [0.3, 0.4) is 0 Å². The fraction of sp³-hybridized carbons (Fsp3) is 0.174. The summed E-state index contributed by atoms with van der Waals surface area (Å²) in [7, 11) is 0. The number of nitrogens with zero attached hydrogens (tertiary/aromatic N) is 4. The van der Waals surface area contributed by atoms with E-state index in [0.29, 0.717) is 41.8 Å². The van der Waals surface area contributed by atoms with Crippen LogP contribution >= 0.6 is 11.6 Å². The molecular weight excluding hydrogens is 460 g/mol. The second-order valence-corrected chi connectivity index (χ2v) is 7.90. The predicted molar refractivity (Wildman–Crippen MR) is 126 cm³/mol. The number of para-hydroxylation sites is 1. The second-order valence-electron chi connectivity index (χ2n) is 7.52. The van der Waals surface area contributed by atoms with E-state index in [-0.39, 0.29) is 28.6 Å². The van der Waals surface area contributed by atoms with Crippen molar-refractivity contribution < 1.29 is 14.6 Å². The number of fused-ring (bicyclic) bond motifs is 1. The highest BCUT2D eigenvalue weighted by Gasteiger charge is 2.28. The Hall–Kier alpha value is -3.86. The summed E-state index contributed by atoms with van der Waals surface area (Å²) in [4.78, 5) is 21.5. The minimum absolute atomic E-state index is 0.162. The van der Waals surface area contributed by atoms with Crippen LogP contribution in [-0.2, 0) is 17.9 Å². The number of aromatic nitrogens is 4. The Morgan fingerprint density at radius 3 is 2.76 bits per heavy atom. The molecule has 0 amide bonds. The fourth-order valence-electron chi connectivity index (χ4n) is 3.80. The zero-order chi connectivity index (χ0) is 23.7. The molecule has 0 saturated carbocycles. The lowest BCUT2D eigenvalue weighted by Crippen LogP contribution is -2.26. The highest BCUT2D eigenvalue weighted by atomic mass is 35.5. The Bertz CT molecular complexity index is 1370. The molecule has 10 nitrogen and oxygen atoms in total. The number of aliphatic hydroxyl groups is 1. The zero-order valence-corrected chi connectivity index (χ0v) is 18.6. The quantitative estimate of drug-likeness (QED) is 0.359. The van der Waals surface area contributed by atoms with Crippen molar-refractivity contribution >= 4 is 23.2 Å². The molecule has 11 heteroatoms. The molecule has 1 aliphatic rings. The average Bonchev–Trinajstić information content (AvgIpc) is 3.15. The topological polar surface area (TPSA) is 129 Å². The van der Waals surface area contributed by atoms with Crippen molar-refractivity contribution in [3.05, 3.63) is 87.6 Å². The van der Waals surface area contributed by atoms with Crippen LogP contribution in [0.15, 0.2) is 65.7 Å². The number of hydrogen-bond acceptors (Lipinski definition) is 8. The Kier molecular flexibility index (Phi) is 5.93. The fourth-order valence-corrected chi connectivity index (χ4v) is 3.95. The van der Waals surface area contributed by atoms with Crippen molar-refractivity contribution in [1.82, 2.24) is 19.3 Å². The van der Waals surface area contributed by atoms with Crippen LogP contribution in [0.1, 0.15) is 17.5 Å². The van der Waals surface area contributed by atoms with Gasteiger partial charge in [0.05, 0.1) is 42.9 Å². The zero-order valence-electron chi connectivity index (χ0n) is 17.9. The highest BCUT2D eigenvalue weighted by molar-refractivity contribution is 6.34. The number of anilines is 2. The standard InChI is InChI=1S/C23H21ClN6O4/c24-20-17(8-9-26-21(20)25)34-15-6-7-18(27-12-15)28-22(31)19-16-13-33-11-10-29(16)30(23(19)32)14-4-2-1-3-5-14/h1-9,12,22,31H,10-11,13H2,(H2,25,26)(H,27,28). The maximum Gasteiger partial charge on any atom is 0.279 e. The summed E-state index contributed by atoms with van der Waals surface area (Å²) in [6.07, 6.45) is 1.65. The van der Waals surface area contributed by atoms with Crippen LogP contribution in [-0.4, -0.2) is 31.0 Å².